The van der Waals surface area contributed by atoms with Gasteiger partial charge in [-0.15, -0.1) is 0 Å². The van der Waals surface area contributed by atoms with E-state index in [1.165, 1.54) is 0 Å². The van der Waals surface area contributed by atoms with E-state index >= 15 is 0 Å². The first kappa shape index (κ1) is 16.0. The van der Waals surface area contributed by atoms with Crippen molar-refractivity contribution in [3.63, 3.8) is 0 Å². The first-order valence-electron chi connectivity index (χ1n) is 7.12. The van der Waals surface area contributed by atoms with E-state index in [0.717, 1.165) is 13.0 Å². The van der Waals surface area contributed by atoms with Crippen molar-refractivity contribution in [1.29, 1.82) is 0 Å². The molecule has 1 rings (SSSR count). The Morgan fingerprint density at radius 2 is 1.95 bits per heavy atom. The molecule has 2 N–H and O–H groups in total. The zero-order valence-electron chi connectivity index (χ0n) is 12.3. The normalized spacial score (nSPS) is 26.2. The number of carboxylic acids is 1. The van der Waals surface area contributed by atoms with Gasteiger partial charge in [0.25, 0.3) is 0 Å². The van der Waals surface area contributed by atoms with Gasteiger partial charge in [0.1, 0.15) is 0 Å². The maximum atomic E-state index is 11.8. The fourth-order valence-electron chi connectivity index (χ4n) is 2.40. The molecule has 110 valence electrons. The quantitative estimate of drug-likeness (QED) is 0.791. The van der Waals surface area contributed by atoms with Gasteiger partial charge in [0.2, 0.25) is 5.91 Å². The van der Waals surface area contributed by atoms with E-state index in [-0.39, 0.29) is 23.8 Å². The molecule has 19 heavy (non-hydrogen) atoms. The number of hydrogen-bond donors (Lipinski definition) is 2. The summed E-state index contributed by atoms with van der Waals surface area (Å²) in [6.45, 7) is 9.22. The van der Waals surface area contributed by atoms with Crippen molar-refractivity contribution in [3.8, 4) is 0 Å². The first-order chi connectivity index (χ1) is 8.85. The van der Waals surface area contributed by atoms with Crippen LogP contribution in [0, 0.1) is 11.8 Å². The second-order valence-corrected chi connectivity index (χ2v) is 5.84. The molecule has 0 aliphatic carbocycles. The third-order valence-electron chi connectivity index (χ3n) is 3.91. The highest BCUT2D eigenvalue weighted by Crippen LogP contribution is 2.20. The minimum Gasteiger partial charge on any atom is -0.481 e. The van der Waals surface area contributed by atoms with Crippen LogP contribution in [-0.4, -0.2) is 47.1 Å². The molecule has 1 aliphatic rings. The number of nitrogens with one attached hydrogen (secondary N) is 1. The smallest absolute Gasteiger partial charge is 0.307 e. The van der Waals surface area contributed by atoms with Crippen molar-refractivity contribution < 1.29 is 14.7 Å². The molecule has 1 heterocycles. The highest BCUT2D eigenvalue weighted by molar-refractivity contribution is 5.78. The largest absolute Gasteiger partial charge is 0.481 e. The van der Waals surface area contributed by atoms with Crippen molar-refractivity contribution >= 4 is 11.9 Å². The van der Waals surface area contributed by atoms with Gasteiger partial charge in [-0.05, 0) is 19.8 Å². The van der Waals surface area contributed by atoms with Crippen molar-refractivity contribution in [2.75, 3.05) is 13.1 Å². The molecule has 0 spiro atoms. The lowest BCUT2D eigenvalue weighted by Gasteiger charge is -2.39. The minimum atomic E-state index is -0.767. The number of nitrogens with zero attached hydrogens (tertiary/aromatic N) is 1. The van der Waals surface area contributed by atoms with Crippen LogP contribution in [0.5, 0.6) is 0 Å². The van der Waals surface area contributed by atoms with E-state index in [2.05, 4.69) is 24.1 Å². The molecule has 3 atom stereocenters. The van der Waals surface area contributed by atoms with E-state index in [9.17, 15) is 14.7 Å². The second-order valence-electron chi connectivity index (χ2n) is 5.84. The van der Waals surface area contributed by atoms with E-state index in [1.807, 2.05) is 13.8 Å². The maximum absolute atomic E-state index is 11.8. The molecule has 1 amide bonds. The lowest BCUT2D eigenvalue weighted by Crippen LogP contribution is -2.55. The molecule has 1 saturated heterocycles. The first-order valence-corrected chi connectivity index (χ1v) is 7.12. The minimum absolute atomic E-state index is 0.000130. The van der Waals surface area contributed by atoms with Crippen LogP contribution in [0.3, 0.4) is 0 Å². The maximum Gasteiger partial charge on any atom is 0.307 e. The lowest BCUT2D eigenvalue weighted by atomic mass is 9.92. The molecule has 0 aromatic carbocycles. The number of likely N-dealkylation sites (tertiary alicyclic amines) is 1. The van der Waals surface area contributed by atoms with Gasteiger partial charge in [0, 0.05) is 31.1 Å². The molecular weight excluding hydrogens is 244 g/mol. The van der Waals surface area contributed by atoms with Gasteiger partial charge >= 0.3 is 5.97 Å². The molecule has 0 saturated carbocycles. The van der Waals surface area contributed by atoms with E-state index in [0.29, 0.717) is 19.0 Å². The highest BCUT2D eigenvalue weighted by atomic mass is 16.4. The second kappa shape index (κ2) is 6.89. The van der Waals surface area contributed by atoms with Gasteiger partial charge < -0.3 is 10.4 Å². The van der Waals surface area contributed by atoms with Gasteiger partial charge in [-0.25, -0.2) is 0 Å². The van der Waals surface area contributed by atoms with Crippen LogP contribution in [0.1, 0.15) is 40.5 Å². The van der Waals surface area contributed by atoms with Gasteiger partial charge in [0.15, 0.2) is 0 Å². The molecule has 1 aliphatic heterocycles. The van der Waals surface area contributed by atoms with Crippen molar-refractivity contribution in [2.45, 2.75) is 52.6 Å². The summed E-state index contributed by atoms with van der Waals surface area (Å²) in [6.07, 6.45) is 1.51. The van der Waals surface area contributed by atoms with E-state index in [1.54, 1.807) is 0 Å². The highest BCUT2D eigenvalue weighted by Gasteiger charge is 2.33. The summed E-state index contributed by atoms with van der Waals surface area (Å²) in [7, 11) is 0. The van der Waals surface area contributed by atoms with Crippen molar-refractivity contribution in [2.24, 2.45) is 11.8 Å². The van der Waals surface area contributed by atoms with Crippen LogP contribution in [-0.2, 0) is 9.59 Å². The van der Waals surface area contributed by atoms with Gasteiger partial charge in [-0.3, -0.25) is 14.5 Å². The summed E-state index contributed by atoms with van der Waals surface area (Å²) < 4.78 is 0. The fraction of sp³-hybridized carbons (Fsp3) is 0.857. The van der Waals surface area contributed by atoms with Crippen molar-refractivity contribution in [3.05, 3.63) is 0 Å². The molecule has 0 aromatic heterocycles. The molecular formula is C14H26N2O3. The topological polar surface area (TPSA) is 69.6 Å². The summed E-state index contributed by atoms with van der Waals surface area (Å²) in [6, 6.07) is 0.291. The summed E-state index contributed by atoms with van der Waals surface area (Å²) in [5.41, 5.74) is 0. The molecule has 0 aromatic rings. The number of aliphatic carboxylic acids is 1. The van der Waals surface area contributed by atoms with Crippen LogP contribution < -0.4 is 5.32 Å². The fourth-order valence-corrected chi connectivity index (χ4v) is 2.40. The van der Waals surface area contributed by atoms with Gasteiger partial charge in [-0.2, -0.15) is 0 Å². The standard InChI is InChI=1S/C14H26N2O3/c1-5-10(4)16-7-11(14(18)19)6-12(8-16)15-13(17)9(2)3/h9-12H,5-8H2,1-4H3,(H,15,17)(H,18,19). The molecule has 0 radical (unpaired) electrons. The molecule has 0 bridgehead atoms. The third kappa shape index (κ3) is 4.49. The Labute approximate surface area is 115 Å². The zero-order valence-corrected chi connectivity index (χ0v) is 12.3. The Bertz CT molecular complexity index is 331. The number of piperidine rings is 1. The van der Waals surface area contributed by atoms with Crippen LogP contribution in [0.15, 0.2) is 0 Å². The van der Waals surface area contributed by atoms with Crippen LogP contribution in [0.25, 0.3) is 0 Å². The summed E-state index contributed by atoms with van der Waals surface area (Å²) in [5, 5.41) is 12.2. The lowest BCUT2D eigenvalue weighted by molar-refractivity contribution is -0.145. The number of amides is 1. The molecule has 5 heteroatoms. The van der Waals surface area contributed by atoms with Crippen LogP contribution >= 0.6 is 0 Å². The number of rotatable bonds is 5. The average molecular weight is 270 g/mol. The Balaban J connectivity index is 2.70. The predicted molar refractivity (Wildman–Crippen MR) is 73.8 cm³/mol. The Morgan fingerprint density at radius 3 is 2.42 bits per heavy atom. The van der Waals surface area contributed by atoms with Crippen molar-refractivity contribution in [1.82, 2.24) is 10.2 Å². The predicted octanol–water partition coefficient (Wildman–Crippen LogP) is 1.33. The third-order valence-corrected chi connectivity index (χ3v) is 3.91. The van der Waals surface area contributed by atoms with E-state index in [4.69, 9.17) is 0 Å². The molecule has 3 unspecified atom stereocenters. The Morgan fingerprint density at radius 1 is 1.32 bits per heavy atom. The van der Waals surface area contributed by atoms with Gasteiger partial charge in [0.05, 0.1) is 5.92 Å². The SMILES string of the molecule is CCC(C)N1CC(NC(=O)C(C)C)CC(C(=O)O)C1. The monoisotopic (exact) mass is 270 g/mol. The zero-order chi connectivity index (χ0) is 14.6. The van der Waals surface area contributed by atoms with Gasteiger partial charge in [-0.1, -0.05) is 20.8 Å². The van der Waals surface area contributed by atoms with E-state index < -0.39 is 5.97 Å². The average Bonchev–Trinajstić information content (AvgIpc) is 2.37. The summed E-state index contributed by atoms with van der Waals surface area (Å²) >= 11 is 0. The Kier molecular flexibility index (Phi) is 5.79. The molecule has 1 fully saturated rings. The number of carbonyl (C=O) groups excluding carboxylic acids is 1. The van der Waals surface area contributed by atoms with Crippen LogP contribution in [0.2, 0.25) is 0 Å². The van der Waals surface area contributed by atoms with Crippen LogP contribution in [0.4, 0.5) is 0 Å². The summed E-state index contributed by atoms with van der Waals surface area (Å²) in [4.78, 5) is 25.2. The summed E-state index contributed by atoms with van der Waals surface area (Å²) in [5.74, 6) is -1.22. The Hall–Kier alpha value is -1.10. The number of hydrogen-bond acceptors (Lipinski definition) is 3. The number of carbonyl (C=O) groups is 2. The number of carboxylic acid groups (broad SMARTS) is 1. The molecule has 5 nitrogen and oxygen atoms in total.